The predicted octanol–water partition coefficient (Wildman–Crippen LogP) is 2.00. The van der Waals surface area contributed by atoms with Crippen LogP contribution >= 0.6 is 0 Å². The van der Waals surface area contributed by atoms with Gasteiger partial charge in [-0.25, -0.2) is 13.2 Å². The van der Waals surface area contributed by atoms with Crippen LogP contribution in [0.4, 0.5) is 10.5 Å². The Morgan fingerprint density at radius 2 is 2.00 bits per heavy atom. The number of carbonyl (C=O) groups is 1. The first-order chi connectivity index (χ1) is 10.0. The molecule has 1 saturated heterocycles. The molecule has 0 radical (unpaired) electrons. The summed E-state index contributed by atoms with van der Waals surface area (Å²) in [6, 6.07) is 6.04. The van der Waals surface area contributed by atoms with Gasteiger partial charge in [-0.05, 0) is 37.5 Å². The van der Waals surface area contributed by atoms with Gasteiger partial charge in [-0.2, -0.15) is 4.31 Å². The van der Waals surface area contributed by atoms with Gasteiger partial charge in [0.15, 0.2) is 0 Å². The number of rotatable bonds is 5. The molecule has 2 amide bonds. The lowest BCUT2D eigenvalue weighted by Gasteiger charge is -2.16. The Hall–Kier alpha value is -1.60. The molecule has 0 spiro atoms. The second-order valence-corrected chi connectivity index (χ2v) is 6.96. The SMILES string of the molecule is CCCNC(=O)Nc1cccc(S(=O)(=O)N2CCCC2)c1. The smallest absolute Gasteiger partial charge is 0.319 e. The summed E-state index contributed by atoms with van der Waals surface area (Å²) in [5.41, 5.74) is 0.476. The van der Waals surface area contributed by atoms with Gasteiger partial charge in [0.2, 0.25) is 10.0 Å². The molecule has 116 valence electrons. The van der Waals surface area contributed by atoms with Gasteiger partial charge in [0, 0.05) is 25.3 Å². The molecule has 1 aliphatic rings. The highest BCUT2D eigenvalue weighted by atomic mass is 32.2. The van der Waals surface area contributed by atoms with E-state index in [9.17, 15) is 13.2 Å². The molecular weight excluding hydrogens is 290 g/mol. The third-order valence-electron chi connectivity index (χ3n) is 3.33. The van der Waals surface area contributed by atoms with Gasteiger partial charge in [0.05, 0.1) is 4.90 Å². The summed E-state index contributed by atoms with van der Waals surface area (Å²) in [5, 5.41) is 5.33. The number of nitrogens with one attached hydrogen (secondary N) is 2. The zero-order chi connectivity index (χ0) is 15.3. The molecule has 0 aliphatic carbocycles. The Morgan fingerprint density at radius 1 is 1.29 bits per heavy atom. The summed E-state index contributed by atoms with van der Waals surface area (Å²) in [6.07, 6.45) is 2.64. The first-order valence-corrected chi connectivity index (χ1v) is 8.63. The highest BCUT2D eigenvalue weighted by Gasteiger charge is 2.27. The molecule has 0 atom stereocenters. The fraction of sp³-hybridized carbons (Fsp3) is 0.500. The van der Waals surface area contributed by atoms with E-state index in [4.69, 9.17) is 0 Å². The standard InChI is InChI=1S/C14H21N3O3S/c1-2-8-15-14(18)16-12-6-5-7-13(11-12)21(19,20)17-9-3-4-10-17/h5-7,11H,2-4,8-10H2,1H3,(H2,15,16,18). The van der Waals surface area contributed by atoms with E-state index < -0.39 is 10.0 Å². The fourth-order valence-corrected chi connectivity index (χ4v) is 3.79. The zero-order valence-electron chi connectivity index (χ0n) is 12.1. The molecule has 0 aromatic heterocycles. The number of hydrogen-bond acceptors (Lipinski definition) is 3. The van der Waals surface area contributed by atoms with E-state index in [0.29, 0.717) is 25.3 Å². The summed E-state index contributed by atoms with van der Waals surface area (Å²) >= 11 is 0. The molecule has 0 saturated carbocycles. The van der Waals surface area contributed by atoms with Gasteiger partial charge in [0.25, 0.3) is 0 Å². The molecule has 21 heavy (non-hydrogen) atoms. The lowest BCUT2D eigenvalue weighted by atomic mass is 10.3. The molecule has 1 heterocycles. The van der Waals surface area contributed by atoms with E-state index in [1.807, 2.05) is 6.92 Å². The van der Waals surface area contributed by atoms with E-state index in [1.165, 1.54) is 10.4 Å². The Labute approximate surface area is 125 Å². The number of urea groups is 1. The van der Waals surface area contributed by atoms with Crippen LogP contribution in [0.1, 0.15) is 26.2 Å². The number of carbonyl (C=O) groups excluding carboxylic acids is 1. The minimum atomic E-state index is -3.45. The van der Waals surface area contributed by atoms with E-state index in [-0.39, 0.29) is 10.9 Å². The lowest BCUT2D eigenvalue weighted by molar-refractivity contribution is 0.252. The maximum atomic E-state index is 12.4. The summed E-state index contributed by atoms with van der Waals surface area (Å²) in [6.45, 7) is 3.68. The van der Waals surface area contributed by atoms with E-state index in [0.717, 1.165) is 19.3 Å². The minimum absolute atomic E-state index is 0.220. The maximum absolute atomic E-state index is 12.4. The average molecular weight is 311 g/mol. The van der Waals surface area contributed by atoms with Crippen LogP contribution in [0.15, 0.2) is 29.2 Å². The number of amides is 2. The zero-order valence-corrected chi connectivity index (χ0v) is 12.9. The van der Waals surface area contributed by atoms with Crippen LogP contribution in [0.2, 0.25) is 0 Å². The van der Waals surface area contributed by atoms with Crippen molar-refractivity contribution in [1.29, 1.82) is 0 Å². The van der Waals surface area contributed by atoms with Gasteiger partial charge < -0.3 is 10.6 Å². The van der Waals surface area contributed by atoms with Crippen LogP contribution in [-0.4, -0.2) is 38.4 Å². The van der Waals surface area contributed by atoms with Crippen molar-refractivity contribution in [2.75, 3.05) is 25.0 Å². The number of anilines is 1. The van der Waals surface area contributed by atoms with Crippen molar-refractivity contribution in [2.24, 2.45) is 0 Å². The second kappa shape index (κ2) is 6.91. The van der Waals surface area contributed by atoms with E-state index >= 15 is 0 Å². The van der Waals surface area contributed by atoms with Gasteiger partial charge in [0.1, 0.15) is 0 Å². The highest BCUT2D eigenvalue weighted by Crippen LogP contribution is 2.22. The molecule has 6 nitrogen and oxygen atoms in total. The average Bonchev–Trinajstić information content (AvgIpc) is 3.00. The normalized spacial score (nSPS) is 15.9. The number of sulfonamides is 1. The summed E-state index contributed by atoms with van der Waals surface area (Å²) in [4.78, 5) is 11.8. The van der Waals surface area contributed by atoms with Crippen molar-refractivity contribution in [3.63, 3.8) is 0 Å². The van der Waals surface area contributed by atoms with E-state index in [2.05, 4.69) is 10.6 Å². The minimum Gasteiger partial charge on any atom is -0.338 e. The summed E-state index contributed by atoms with van der Waals surface area (Å²) in [7, 11) is -3.45. The lowest BCUT2D eigenvalue weighted by Crippen LogP contribution is -2.30. The third-order valence-corrected chi connectivity index (χ3v) is 5.22. The first kappa shape index (κ1) is 15.8. The van der Waals surface area contributed by atoms with Crippen molar-refractivity contribution in [3.05, 3.63) is 24.3 Å². The van der Waals surface area contributed by atoms with Crippen molar-refractivity contribution in [1.82, 2.24) is 9.62 Å². The quantitative estimate of drug-likeness (QED) is 0.873. The second-order valence-electron chi connectivity index (χ2n) is 5.02. The van der Waals surface area contributed by atoms with Crippen LogP contribution < -0.4 is 10.6 Å². The molecule has 0 unspecified atom stereocenters. The number of nitrogens with zero attached hydrogens (tertiary/aromatic N) is 1. The van der Waals surface area contributed by atoms with Crippen molar-refractivity contribution in [3.8, 4) is 0 Å². The maximum Gasteiger partial charge on any atom is 0.319 e. The van der Waals surface area contributed by atoms with Crippen molar-refractivity contribution < 1.29 is 13.2 Å². The van der Waals surface area contributed by atoms with Crippen LogP contribution in [0.5, 0.6) is 0 Å². The van der Waals surface area contributed by atoms with Crippen molar-refractivity contribution in [2.45, 2.75) is 31.1 Å². The summed E-state index contributed by atoms with van der Waals surface area (Å²) < 4.78 is 26.4. The molecule has 2 rings (SSSR count). The molecule has 1 aliphatic heterocycles. The Balaban J connectivity index is 2.12. The predicted molar refractivity (Wildman–Crippen MR) is 81.7 cm³/mol. The van der Waals surface area contributed by atoms with Gasteiger partial charge in [-0.15, -0.1) is 0 Å². The van der Waals surface area contributed by atoms with Crippen LogP contribution in [0.25, 0.3) is 0 Å². The van der Waals surface area contributed by atoms with Gasteiger partial charge in [-0.1, -0.05) is 13.0 Å². The Bertz CT molecular complexity index is 595. The van der Waals surface area contributed by atoms with Gasteiger partial charge in [-0.3, -0.25) is 0 Å². The van der Waals surface area contributed by atoms with Crippen LogP contribution in [0.3, 0.4) is 0 Å². The topological polar surface area (TPSA) is 78.5 Å². The Kier molecular flexibility index (Phi) is 5.19. The largest absolute Gasteiger partial charge is 0.338 e. The Morgan fingerprint density at radius 3 is 2.67 bits per heavy atom. The molecule has 0 bridgehead atoms. The number of hydrogen-bond donors (Lipinski definition) is 2. The number of benzene rings is 1. The van der Waals surface area contributed by atoms with Crippen LogP contribution in [0, 0.1) is 0 Å². The van der Waals surface area contributed by atoms with Crippen LogP contribution in [-0.2, 0) is 10.0 Å². The third kappa shape index (κ3) is 3.95. The van der Waals surface area contributed by atoms with Crippen molar-refractivity contribution >= 4 is 21.7 Å². The van der Waals surface area contributed by atoms with Gasteiger partial charge >= 0.3 is 6.03 Å². The monoisotopic (exact) mass is 311 g/mol. The molecule has 1 aromatic carbocycles. The summed E-state index contributed by atoms with van der Waals surface area (Å²) in [5.74, 6) is 0. The molecule has 1 fully saturated rings. The molecule has 7 heteroatoms. The first-order valence-electron chi connectivity index (χ1n) is 7.19. The van der Waals surface area contributed by atoms with E-state index in [1.54, 1.807) is 18.2 Å². The molecular formula is C14H21N3O3S. The highest BCUT2D eigenvalue weighted by molar-refractivity contribution is 7.89. The molecule has 2 N–H and O–H groups in total. The molecule has 1 aromatic rings. The fourth-order valence-electron chi connectivity index (χ4n) is 2.23.